The van der Waals surface area contributed by atoms with E-state index in [2.05, 4.69) is 26.5 Å². The van der Waals surface area contributed by atoms with E-state index in [4.69, 9.17) is 4.42 Å². The summed E-state index contributed by atoms with van der Waals surface area (Å²) in [6, 6.07) is 9.54. The first-order valence-corrected chi connectivity index (χ1v) is 8.59. The summed E-state index contributed by atoms with van der Waals surface area (Å²) in [5, 5.41) is 16.2. The summed E-state index contributed by atoms with van der Waals surface area (Å²) >= 11 is 0. The lowest BCUT2D eigenvalue weighted by Gasteiger charge is -2.09. The number of carbonyl (C=O) groups excluding carboxylic acids is 1. The van der Waals surface area contributed by atoms with Gasteiger partial charge in [-0.15, -0.1) is 0 Å². The highest BCUT2D eigenvalue weighted by Crippen LogP contribution is 2.22. The Morgan fingerprint density at radius 2 is 2.14 bits per heavy atom. The highest BCUT2D eigenvalue weighted by molar-refractivity contribution is 5.99. The highest BCUT2D eigenvalue weighted by Gasteiger charge is 2.16. The lowest BCUT2D eigenvalue weighted by molar-refractivity contribution is 0.0952. The summed E-state index contributed by atoms with van der Waals surface area (Å²) < 4.78 is 6.69. The van der Waals surface area contributed by atoms with Crippen LogP contribution in [0.2, 0.25) is 0 Å². The molecule has 0 saturated carbocycles. The van der Waals surface area contributed by atoms with Gasteiger partial charge in [0.25, 0.3) is 5.91 Å². The Labute approximate surface area is 160 Å². The first kappa shape index (κ1) is 17.4. The zero-order valence-corrected chi connectivity index (χ0v) is 15.3. The van der Waals surface area contributed by atoms with Crippen molar-refractivity contribution in [1.82, 2.24) is 24.9 Å². The Morgan fingerprint density at radius 1 is 1.29 bits per heavy atom. The monoisotopic (exact) mass is 372 g/mol. The van der Waals surface area contributed by atoms with E-state index in [0.717, 1.165) is 16.7 Å². The van der Waals surface area contributed by atoms with E-state index in [1.165, 1.54) is 17.1 Å². The molecular formula is C20H16N6O2. The fourth-order valence-corrected chi connectivity index (χ4v) is 3.00. The summed E-state index contributed by atoms with van der Waals surface area (Å²) in [5.41, 5.74) is 4.61. The SMILES string of the molecule is Cc1cc(C#N)n2ncc(C(=O)NCc3ccc(-c4cnco4)cc3C)c2n1. The number of aryl methyl sites for hydroxylation is 2. The van der Waals surface area contributed by atoms with Crippen LogP contribution in [0.1, 0.15) is 32.9 Å². The summed E-state index contributed by atoms with van der Waals surface area (Å²) in [6.07, 6.45) is 4.48. The van der Waals surface area contributed by atoms with Crippen LogP contribution in [0.4, 0.5) is 0 Å². The van der Waals surface area contributed by atoms with Crippen LogP contribution < -0.4 is 5.32 Å². The van der Waals surface area contributed by atoms with Crippen molar-refractivity contribution in [2.45, 2.75) is 20.4 Å². The number of nitrogens with zero attached hydrogens (tertiary/aromatic N) is 5. The summed E-state index contributed by atoms with van der Waals surface area (Å²) in [4.78, 5) is 20.9. The van der Waals surface area contributed by atoms with Gasteiger partial charge in [-0.1, -0.05) is 12.1 Å². The second-order valence-electron chi connectivity index (χ2n) is 6.38. The molecule has 4 aromatic rings. The second kappa shape index (κ2) is 6.96. The Morgan fingerprint density at radius 3 is 2.86 bits per heavy atom. The van der Waals surface area contributed by atoms with Gasteiger partial charge >= 0.3 is 0 Å². The van der Waals surface area contributed by atoms with Crippen LogP contribution in [0.15, 0.2) is 47.5 Å². The Balaban J connectivity index is 1.55. The van der Waals surface area contributed by atoms with Crippen molar-refractivity contribution in [2.75, 3.05) is 0 Å². The van der Waals surface area contributed by atoms with E-state index < -0.39 is 0 Å². The zero-order chi connectivity index (χ0) is 19.7. The number of benzene rings is 1. The lowest BCUT2D eigenvalue weighted by Crippen LogP contribution is -2.23. The molecule has 0 aliphatic carbocycles. The van der Waals surface area contributed by atoms with E-state index in [9.17, 15) is 10.1 Å². The van der Waals surface area contributed by atoms with Crippen LogP contribution in [-0.2, 0) is 6.54 Å². The molecule has 28 heavy (non-hydrogen) atoms. The second-order valence-corrected chi connectivity index (χ2v) is 6.38. The maximum absolute atomic E-state index is 12.7. The summed E-state index contributed by atoms with van der Waals surface area (Å²) in [5.74, 6) is 0.399. The number of rotatable bonds is 4. The minimum atomic E-state index is -0.296. The maximum Gasteiger partial charge on any atom is 0.257 e. The quantitative estimate of drug-likeness (QED) is 0.590. The van der Waals surface area contributed by atoms with Gasteiger partial charge in [-0.05, 0) is 37.1 Å². The Hall–Kier alpha value is -3.99. The molecule has 0 unspecified atom stereocenters. The van der Waals surface area contributed by atoms with Crippen LogP contribution in [0.3, 0.4) is 0 Å². The van der Waals surface area contributed by atoms with Crippen LogP contribution in [0.5, 0.6) is 0 Å². The van der Waals surface area contributed by atoms with Crippen molar-refractivity contribution in [3.8, 4) is 17.4 Å². The van der Waals surface area contributed by atoms with Crippen molar-refractivity contribution in [3.63, 3.8) is 0 Å². The summed E-state index contributed by atoms with van der Waals surface area (Å²) in [6.45, 7) is 4.10. The third-order valence-corrected chi connectivity index (χ3v) is 4.46. The topological polar surface area (TPSA) is 109 Å². The van der Waals surface area contributed by atoms with Crippen molar-refractivity contribution in [3.05, 3.63) is 71.1 Å². The van der Waals surface area contributed by atoms with Gasteiger partial charge < -0.3 is 9.73 Å². The van der Waals surface area contributed by atoms with Crippen molar-refractivity contribution in [2.24, 2.45) is 0 Å². The van der Waals surface area contributed by atoms with Crippen molar-refractivity contribution < 1.29 is 9.21 Å². The molecule has 0 saturated heterocycles. The van der Waals surface area contributed by atoms with E-state index >= 15 is 0 Å². The molecule has 1 N–H and O–H groups in total. The van der Waals surface area contributed by atoms with Gasteiger partial charge in [-0.3, -0.25) is 4.79 Å². The Bertz CT molecular complexity index is 1220. The minimum Gasteiger partial charge on any atom is -0.444 e. The first-order chi connectivity index (χ1) is 13.6. The molecule has 8 heteroatoms. The Kier molecular flexibility index (Phi) is 4.33. The number of hydrogen-bond donors (Lipinski definition) is 1. The van der Waals surface area contributed by atoms with Crippen LogP contribution in [0.25, 0.3) is 17.0 Å². The molecule has 3 heterocycles. The van der Waals surface area contributed by atoms with Gasteiger partial charge in [0.15, 0.2) is 17.8 Å². The van der Waals surface area contributed by atoms with Crippen LogP contribution >= 0.6 is 0 Å². The fraction of sp³-hybridized carbons (Fsp3) is 0.150. The minimum absolute atomic E-state index is 0.296. The van der Waals surface area contributed by atoms with Crippen LogP contribution in [-0.4, -0.2) is 25.5 Å². The van der Waals surface area contributed by atoms with Gasteiger partial charge in [0.05, 0.1) is 12.4 Å². The van der Waals surface area contributed by atoms with Gasteiger partial charge in [0.1, 0.15) is 17.3 Å². The number of amides is 1. The molecule has 0 spiro atoms. The van der Waals surface area contributed by atoms with E-state index in [1.807, 2.05) is 25.1 Å². The fourth-order valence-electron chi connectivity index (χ4n) is 3.00. The molecule has 0 aliphatic heterocycles. The number of fused-ring (bicyclic) bond motifs is 1. The molecule has 1 amide bonds. The van der Waals surface area contributed by atoms with Crippen molar-refractivity contribution in [1.29, 1.82) is 5.26 Å². The maximum atomic E-state index is 12.7. The lowest BCUT2D eigenvalue weighted by atomic mass is 10.0. The molecule has 0 fully saturated rings. The predicted molar refractivity (Wildman–Crippen MR) is 100 cm³/mol. The molecule has 1 aromatic carbocycles. The molecule has 0 bridgehead atoms. The number of nitriles is 1. The first-order valence-electron chi connectivity index (χ1n) is 8.59. The molecule has 3 aromatic heterocycles. The standard InChI is InChI=1S/C20H16N6O2/c1-12-5-14(18-10-22-11-28-18)3-4-15(12)8-23-20(27)17-9-24-26-16(7-21)6-13(2)25-19(17)26/h3-6,9-11H,8H2,1-2H3,(H,23,27). The number of carbonyl (C=O) groups is 1. The number of aromatic nitrogens is 4. The predicted octanol–water partition coefficient (Wildman–Crippen LogP) is 2.80. The van der Waals surface area contributed by atoms with Gasteiger partial charge in [0.2, 0.25) is 0 Å². The van der Waals surface area contributed by atoms with Gasteiger partial charge in [-0.25, -0.2) is 14.5 Å². The highest BCUT2D eigenvalue weighted by atomic mass is 16.3. The zero-order valence-electron chi connectivity index (χ0n) is 15.3. The molecule has 0 aliphatic rings. The summed E-state index contributed by atoms with van der Waals surface area (Å²) in [7, 11) is 0. The largest absolute Gasteiger partial charge is 0.444 e. The molecule has 0 radical (unpaired) electrons. The molecular weight excluding hydrogens is 356 g/mol. The molecule has 4 rings (SSSR count). The molecule has 138 valence electrons. The third kappa shape index (κ3) is 3.10. The normalized spacial score (nSPS) is 10.8. The van der Waals surface area contributed by atoms with Crippen molar-refractivity contribution >= 4 is 11.6 Å². The average molecular weight is 372 g/mol. The molecule has 0 atom stereocenters. The van der Waals surface area contributed by atoms with E-state index in [-0.39, 0.29) is 5.91 Å². The van der Waals surface area contributed by atoms with Gasteiger partial charge in [-0.2, -0.15) is 10.4 Å². The number of oxazole rings is 1. The van der Waals surface area contributed by atoms with Gasteiger partial charge in [0, 0.05) is 17.8 Å². The van der Waals surface area contributed by atoms with E-state index in [0.29, 0.717) is 34.9 Å². The van der Waals surface area contributed by atoms with E-state index in [1.54, 1.807) is 19.2 Å². The third-order valence-electron chi connectivity index (χ3n) is 4.46. The average Bonchev–Trinajstić information content (AvgIpc) is 3.36. The smallest absolute Gasteiger partial charge is 0.257 e. The molecule has 8 nitrogen and oxygen atoms in total. The number of hydrogen-bond acceptors (Lipinski definition) is 6. The van der Waals surface area contributed by atoms with Crippen LogP contribution in [0, 0.1) is 25.2 Å². The number of nitrogens with one attached hydrogen (secondary N) is 1.